The average Bonchev–Trinajstić information content (AvgIpc) is 3.54. The molecule has 10 heteroatoms. The lowest BCUT2D eigenvalue weighted by molar-refractivity contribution is 0.0603. The molecule has 3 fully saturated rings. The number of hydrogen-bond donors (Lipinski definition) is 1. The van der Waals surface area contributed by atoms with Gasteiger partial charge in [0.1, 0.15) is 11.6 Å². The molecule has 0 saturated carbocycles. The summed E-state index contributed by atoms with van der Waals surface area (Å²) in [6.45, 7) is 5.99. The van der Waals surface area contributed by atoms with Gasteiger partial charge in [0.05, 0.1) is 21.5 Å². The number of benzene rings is 3. The number of rotatable bonds is 9. The fraction of sp³-hybridized carbons (Fsp3) is 0.459. The Morgan fingerprint density at radius 2 is 1.64 bits per heavy atom. The first-order valence-corrected chi connectivity index (χ1v) is 18.5. The molecular formula is C37H44FN5O3S. The van der Waals surface area contributed by atoms with Crippen molar-refractivity contribution in [2.75, 3.05) is 26.2 Å². The second kappa shape index (κ2) is 12.8. The van der Waals surface area contributed by atoms with E-state index in [0.29, 0.717) is 31.2 Å². The van der Waals surface area contributed by atoms with Crippen molar-refractivity contribution >= 4 is 27.0 Å². The van der Waals surface area contributed by atoms with Gasteiger partial charge in [0.25, 0.3) is 5.91 Å². The highest BCUT2D eigenvalue weighted by molar-refractivity contribution is 7.89. The van der Waals surface area contributed by atoms with Gasteiger partial charge in [-0.05, 0) is 99.7 Å². The van der Waals surface area contributed by atoms with Gasteiger partial charge in [-0.1, -0.05) is 49.4 Å². The highest BCUT2D eigenvalue weighted by Gasteiger charge is 2.44. The molecule has 3 aromatic carbocycles. The number of aromatic nitrogens is 2. The van der Waals surface area contributed by atoms with E-state index < -0.39 is 21.7 Å². The molecule has 1 N–H and O–H groups in total. The Hall–Kier alpha value is -3.60. The number of halogens is 1. The van der Waals surface area contributed by atoms with Crippen LogP contribution in [0.4, 0.5) is 4.39 Å². The van der Waals surface area contributed by atoms with Gasteiger partial charge in [-0.25, -0.2) is 22.5 Å². The topological polar surface area (TPSA) is 87.5 Å². The molecule has 3 aliphatic rings. The lowest BCUT2D eigenvalue weighted by Gasteiger charge is -2.45. The molecule has 2 bridgehead atoms. The predicted molar refractivity (Wildman–Crippen MR) is 181 cm³/mol. The number of carbonyl (C=O) groups excluding carboxylic acids is 1. The molecule has 4 aromatic rings. The zero-order valence-corrected chi connectivity index (χ0v) is 28.1. The molecule has 7 rings (SSSR count). The lowest BCUT2D eigenvalue weighted by atomic mass is 9.70. The normalized spacial score (nSPS) is 23.0. The third-order valence-corrected chi connectivity index (χ3v) is 12.6. The van der Waals surface area contributed by atoms with Crippen LogP contribution in [0.5, 0.6) is 0 Å². The van der Waals surface area contributed by atoms with E-state index in [9.17, 15) is 17.6 Å². The molecule has 4 heterocycles. The number of likely N-dealkylation sites (tertiary alicyclic amines) is 1. The van der Waals surface area contributed by atoms with E-state index in [-0.39, 0.29) is 22.4 Å². The first-order chi connectivity index (χ1) is 22.7. The zero-order valence-electron chi connectivity index (χ0n) is 27.2. The van der Waals surface area contributed by atoms with Gasteiger partial charge < -0.3 is 9.47 Å². The molecule has 1 amide bonds. The number of nitrogens with one attached hydrogen (secondary N) is 1. The molecule has 8 nitrogen and oxygen atoms in total. The van der Waals surface area contributed by atoms with Gasteiger partial charge in [0, 0.05) is 37.8 Å². The summed E-state index contributed by atoms with van der Waals surface area (Å²) in [5.41, 5.74) is 3.30. The van der Waals surface area contributed by atoms with Gasteiger partial charge in [-0.2, -0.15) is 0 Å². The van der Waals surface area contributed by atoms with Crippen LogP contribution in [-0.4, -0.2) is 71.9 Å². The van der Waals surface area contributed by atoms with E-state index in [1.165, 1.54) is 36.1 Å². The Bertz CT molecular complexity index is 1860. The van der Waals surface area contributed by atoms with Crippen LogP contribution in [0.1, 0.15) is 79.7 Å². The molecule has 0 radical (unpaired) electrons. The van der Waals surface area contributed by atoms with Crippen LogP contribution in [0, 0.1) is 12.7 Å². The minimum Gasteiger partial charge on any atom is -0.338 e. The largest absolute Gasteiger partial charge is 0.338 e. The van der Waals surface area contributed by atoms with Crippen molar-refractivity contribution in [1.29, 1.82) is 0 Å². The van der Waals surface area contributed by atoms with Gasteiger partial charge in [0.15, 0.2) is 0 Å². The predicted octanol–water partition coefficient (Wildman–Crippen LogP) is 6.21. The van der Waals surface area contributed by atoms with Crippen LogP contribution >= 0.6 is 0 Å². The Labute approximate surface area is 277 Å². The van der Waals surface area contributed by atoms with Gasteiger partial charge in [-0.3, -0.25) is 9.69 Å². The first-order valence-electron chi connectivity index (χ1n) is 17.0. The Morgan fingerprint density at radius 1 is 0.957 bits per heavy atom. The zero-order chi connectivity index (χ0) is 32.8. The van der Waals surface area contributed by atoms with Crippen LogP contribution in [0.25, 0.3) is 11.0 Å². The van der Waals surface area contributed by atoms with Crippen molar-refractivity contribution in [3.63, 3.8) is 0 Å². The van der Waals surface area contributed by atoms with Crippen molar-refractivity contribution < 1.29 is 17.6 Å². The molecule has 3 saturated heterocycles. The minimum absolute atomic E-state index is 0.0970. The molecule has 0 aliphatic carbocycles. The molecule has 248 valence electrons. The van der Waals surface area contributed by atoms with Crippen molar-refractivity contribution in [3.05, 3.63) is 95.6 Å². The second-order valence-corrected chi connectivity index (χ2v) is 15.4. The van der Waals surface area contributed by atoms with Crippen LogP contribution in [-0.2, 0) is 15.4 Å². The third kappa shape index (κ3) is 6.00. The number of hydrogen-bond acceptors (Lipinski definition) is 5. The molecule has 1 aromatic heterocycles. The van der Waals surface area contributed by atoms with Crippen LogP contribution in [0.15, 0.2) is 77.7 Å². The number of aryl methyl sites for hydroxylation is 1. The van der Waals surface area contributed by atoms with E-state index in [4.69, 9.17) is 4.98 Å². The van der Waals surface area contributed by atoms with E-state index in [2.05, 4.69) is 69.6 Å². The molecule has 0 spiro atoms. The van der Waals surface area contributed by atoms with Gasteiger partial charge in [0.2, 0.25) is 10.0 Å². The Balaban J connectivity index is 1.06. The summed E-state index contributed by atoms with van der Waals surface area (Å²) < 4.78 is 44.9. The number of nitrogens with zero attached hydrogens (tertiary/aromatic N) is 4. The maximum absolute atomic E-state index is 14.9. The van der Waals surface area contributed by atoms with E-state index >= 15 is 0 Å². The summed E-state index contributed by atoms with van der Waals surface area (Å²) in [7, 11) is -3.82. The quantitative estimate of drug-likeness (QED) is 0.231. The smallest absolute Gasteiger partial charge is 0.256 e. The SMILES string of the molecule is CCNS(=O)(=O)c1ccc(F)c(C(=O)N2CCC(CCN3[C@@H]4CC[C@H]3CC(n3c(C)nc5ccccc53)C4)(c3ccccc3)CC2)c1. The van der Waals surface area contributed by atoms with Gasteiger partial charge in [-0.15, -0.1) is 0 Å². The molecule has 47 heavy (non-hydrogen) atoms. The number of para-hydroxylation sites is 2. The summed E-state index contributed by atoms with van der Waals surface area (Å²) >= 11 is 0. The van der Waals surface area contributed by atoms with E-state index in [1.807, 2.05) is 6.07 Å². The van der Waals surface area contributed by atoms with Crippen molar-refractivity contribution in [2.24, 2.45) is 0 Å². The number of carbonyl (C=O) groups is 1. The van der Waals surface area contributed by atoms with Crippen molar-refractivity contribution in [2.45, 2.75) is 87.2 Å². The fourth-order valence-corrected chi connectivity index (χ4v) is 9.75. The van der Waals surface area contributed by atoms with E-state index in [1.54, 1.807) is 11.8 Å². The summed E-state index contributed by atoms with van der Waals surface area (Å²) in [5.74, 6) is -0.0671. The molecular weight excluding hydrogens is 614 g/mol. The van der Waals surface area contributed by atoms with Crippen LogP contribution in [0.2, 0.25) is 0 Å². The number of sulfonamides is 1. The Morgan fingerprint density at radius 3 is 2.34 bits per heavy atom. The number of piperidine rings is 2. The summed E-state index contributed by atoms with van der Waals surface area (Å²) in [4.78, 5) is 22.8. The first kappa shape index (κ1) is 32.0. The van der Waals surface area contributed by atoms with Crippen LogP contribution in [0.3, 0.4) is 0 Å². The third-order valence-electron chi connectivity index (χ3n) is 11.1. The number of fused-ring (bicyclic) bond motifs is 3. The maximum Gasteiger partial charge on any atom is 0.256 e. The minimum atomic E-state index is -3.82. The fourth-order valence-electron chi connectivity index (χ4n) is 8.68. The summed E-state index contributed by atoms with van der Waals surface area (Å²) in [6, 6.07) is 24.1. The highest BCUT2D eigenvalue weighted by Crippen LogP contribution is 2.45. The molecule has 3 atom stereocenters. The van der Waals surface area contributed by atoms with Crippen molar-refractivity contribution in [3.8, 4) is 0 Å². The summed E-state index contributed by atoms with van der Waals surface area (Å²) in [6.07, 6.45) is 7.24. The van der Waals surface area contributed by atoms with Crippen LogP contribution < -0.4 is 4.72 Å². The number of amides is 1. The van der Waals surface area contributed by atoms with E-state index in [0.717, 1.165) is 56.1 Å². The standard InChI is InChI=1S/C37H44FN5O3S/c1-3-39-47(45,46)31-15-16-33(38)32(25-31)36(44)41-20-17-37(18-21-41,27-9-5-4-6-10-27)19-22-42-28-13-14-29(42)24-30(23-28)43-26(2)40-34-11-7-8-12-35(34)43/h4-12,15-16,25,28-30,39H,3,13-14,17-24H2,1-2H3/t28-,29+,30?. The monoisotopic (exact) mass is 657 g/mol. The second-order valence-electron chi connectivity index (χ2n) is 13.6. The van der Waals surface area contributed by atoms with Gasteiger partial charge >= 0.3 is 0 Å². The average molecular weight is 658 g/mol. The Kier molecular flexibility index (Phi) is 8.70. The molecule has 3 aliphatic heterocycles. The summed E-state index contributed by atoms with van der Waals surface area (Å²) in [5, 5.41) is 0. The maximum atomic E-state index is 14.9. The lowest BCUT2D eigenvalue weighted by Crippen LogP contribution is -2.49. The number of imidazole rings is 1. The molecule has 1 unspecified atom stereocenters. The highest BCUT2D eigenvalue weighted by atomic mass is 32.2. The van der Waals surface area contributed by atoms with Crippen molar-refractivity contribution in [1.82, 2.24) is 24.1 Å².